The van der Waals surface area contributed by atoms with Gasteiger partial charge in [-0.15, -0.1) is 0 Å². The topological polar surface area (TPSA) is 242 Å². The van der Waals surface area contributed by atoms with Gasteiger partial charge in [-0.25, -0.2) is 0 Å². The van der Waals surface area contributed by atoms with Crippen LogP contribution in [0.15, 0.2) is 72.8 Å². The first-order valence-electron chi connectivity index (χ1n) is 24.3. The van der Waals surface area contributed by atoms with Gasteiger partial charge in [0.15, 0.2) is 0 Å². The van der Waals surface area contributed by atoms with E-state index in [1.54, 1.807) is 0 Å². The normalized spacial score (nSPS) is 11.2. The van der Waals surface area contributed by atoms with Crippen molar-refractivity contribution in [2.45, 2.75) is 26.6 Å². The van der Waals surface area contributed by atoms with E-state index in [1.165, 1.54) is 0 Å². The molecule has 0 fully saturated rings. The number of anilines is 3. The van der Waals surface area contributed by atoms with Crippen LogP contribution in [0, 0.1) is 0 Å². The number of aromatic nitrogens is 3. The molecule has 21 nitrogen and oxygen atoms in total. The Balaban J connectivity index is 1.85. The molecular formula is C50H76N6O15. The Morgan fingerprint density at radius 1 is 0.338 bits per heavy atom. The third-order valence-corrected chi connectivity index (χ3v) is 10.2. The molecule has 396 valence electrons. The van der Waals surface area contributed by atoms with Gasteiger partial charge in [0.1, 0.15) is 37.1 Å². The van der Waals surface area contributed by atoms with Gasteiger partial charge in [0.2, 0.25) is 17.8 Å². The predicted octanol–water partition coefficient (Wildman–Crippen LogP) is 2.13. The Kier molecular flexibility index (Phi) is 31.1. The summed E-state index contributed by atoms with van der Waals surface area (Å²) in [6.07, 6.45) is 0. The highest BCUT2D eigenvalue weighted by Crippen LogP contribution is 2.29. The zero-order valence-corrected chi connectivity index (χ0v) is 41.2. The van der Waals surface area contributed by atoms with E-state index in [1.807, 2.05) is 94.4 Å². The summed E-state index contributed by atoms with van der Waals surface area (Å²) in [7, 11) is 0. The number of ether oxygens (including phenoxy) is 10. The van der Waals surface area contributed by atoms with Crippen molar-refractivity contribution in [2.75, 3.05) is 180 Å². The fourth-order valence-electron chi connectivity index (χ4n) is 6.81. The van der Waals surface area contributed by atoms with Gasteiger partial charge < -0.3 is 87.6 Å². The second-order valence-corrected chi connectivity index (χ2v) is 15.4. The van der Waals surface area contributed by atoms with Gasteiger partial charge in [-0.2, -0.15) is 15.0 Å². The fourth-order valence-corrected chi connectivity index (χ4v) is 6.81. The summed E-state index contributed by atoms with van der Waals surface area (Å²) in [6.45, 7) is 7.86. The van der Waals surface area contributed by atoms with E-state index in [0.717, 1.165) is 16.7 Å². The zero-order valence-electron chi connectivity index (χ0n) is 41.2. The number of hydrogen-bond donors (Lipinski definition) is 5. The maximum atomic E-state index is 9.62. The molecule has 4 aromatic rings. The molecule has 0 aliphatic rings. The molecule has 5 N–H and O–H groups in total. The molecule has 3 aromatic carbocycles. The summed E-state index contributed by atoms with van der Waals surface area (Å²) in [4.78, 5) is 21.5. The standard InChI is InChI=1S/C50H76N6O15/c1-2-62-31-32-68-35-38-71-47-14-8-5-11-44(47)41-56(17-25-65-28-20-59)50-52-48(54(15-23-63-26-18-57)39-42-9-3-6-12-45(42)69-36-33-66-29-21-60)51-49(53-50)55(16-24-64-27-19-58)40-43-10-4-7-13-46(43)70-37-34-67-30-22-61/h3-14,57-61H,2,15-41H2,1H3. The minimum absolute atomic E-state index is 0.0899. The van der Waals surface area contributed by atoms with Crippen LogP contribution in [-0.2, 0) is 52.8 Å². The highest BCUT2D eigenvalue weighted by atomic mass is 16.5. The summed E-state index contributed by atoms with van der Waals surface area (Å²) in [5, 5.41) is 47.2. The van der Waals surface area contributed by atoms with Crippen LogP contribution in [0.2, 0.25) is 0 Å². The number of rotatable bonds is 44. The smallest absolute Gasteiger partial charge is 0.232 e. The highest BCUT2D eigenvalue weighted by Gasteiger charge is 2.24. The molecule has 0 saturated heterocycles. The van der Waals surface area contributed by atoms with Crippen molar-refractivity contribution in [3.8, 4) is 17.2 Å². The van der Waals surface area contributed by atoms with E-state index in [-0.39, 0.29) is 132 Å². The minimum Gasteiger partial charge on any atom is -0.491 e. The molecule has 0 saturated carbocycles. The molecule has 0 aliphatic heterocycles. The predicted molar refractivity (Wildman–Crippen MR) is 266 cm³/mol. The molecule has 4 rings (SSSR count). The lowest BCUT2D eigenvalue weighted by atomic mass is 10.2. The lowest BCUT2D eigenvalue weighted by Gasteiger charge is -2.30. The van der Waals surface area contributed by atoms with Crippen LogP contribution < -0.4 is 28.9 Å². The number of aliphatic hydroxyl groups is 5. The third-order valence-electron chi connectivity index (χ3n) is 10.2. The van der Waals surface area contributed by atoms with Crippen LogP contribution in [-0.4, -0.2) is 205 Å². The summed E-state index contributed by atoms with van der Waals surface area (Å²) >= 11 is 0. The molecule has 0 atom stereocenters. The SMILES string of the molecule is CCOCCOCCOc1ccccc1CN(CCOCCO)c1nc(N(CCOCCO)Cc2ccccc2OCCOCCO)nc(N(CCOCCO)Cc2ccccc2OCCOCCO)n1. The Morgan fingerprint density at radius 2 is 0.606 bits per heavy atom. The van der Waals surface area contributed by atoms with Gasteiger partial charge in [-0.1, -0.05) is 54.6 Å². The maximum Gasteiger partial charge on any atom is 0.232 e. The van der Waals surface area contributed by atoms with Crippen LogP contribution in [0.5, 0.6) is 17.2 Å². The van der Waals surface area contributed by atoms with Crippen LogP contribution in [0.1, 0.15) is 23.6 Å². The lowest BCUT2D eigenvalue weighted by Crippen LogP contribution is -2.35. The molecule has 0 amide bonds. The second-order valence-electron chi connectivity index (χ2n) is 15.4. The van der Waals surface area contributed by atoms with Crippen LogP contribution in [0.3, 0.4) is 0 Å². The van der Waals surface area contributed by atoms with Crippen LogP contribution >= 0.6 is 0 Å². The second kappa shape index (κ2) is 37.7. The van der Waals surface area contributed by atoms with Crippen molar-refractivity contribution in [1.82, 2.24) is 15.0 Å². The monoisotopic (exact) mass is 1000 g/mol. The van der Waals surface area contributed by atoms with Crippen LogP contribution in [0.25, 0.3) is 0 Å². The molecule has 1 heterocycles. The first-order chi connectivity index (χ1) is 35.0. The van der Waals surface area contributed by atoms with Crippen molar-refractivity contribution < 1.29 is 72.9 Å². The average molecular weight is 1000 g/mol. The van der Waals surface area contributed by atoms with E-state index in [9.17, 15) is 25.5 Å². The molecule has 1 aromatic heterocycles. The highest BCUT2D eigenvalue weighted by molar-refractivity contribution is 5.50. The summed E-state index contributed by atoms with van der Waals surface area (Å²) < 4.78 is 58.2. The zero-order chi connectivity index (χ0) is 50.4. The number of hydrogen-bond acceptors (Lipinski definition) is 21. The Bertz CT molecular complexity index is 1870. The minimum atomic E-state index is -0.150. The van der Waals surface area contributed by atoms with Crippen molar-refractivity contribution in [3.63, 3.8) is 0 Å². The number of nitrogens with zero attached hydrogens (tertiary/aromatic N) is 6. The van der Waals surface area contributed by atoms with Gasteiger partial charge in [-0.05, 0) is 25.1 Å². The molecule has 0 radical (unpaired) electrons. The van der Waals surface area contributed by atoms with Gasteiger partial charge >= 0.3 is 0 Å². The largest absolute Gasteiger partial charge is 0.491 e. The molecule has 0 aliphatic carbocycles. The van der Waals surface area contributed by atoms with Crippen LogP contribution in [0.4, 0.5) is 17.8 Å². The molecule has 71 heavy (non-hydrogen) atoms. The van der Waals surface area contributed by atoms with Gasteiger partial charge in [0.25, 0.3) is 0 Å². The average Bonchev–Trinajstić information content (AvgIpc) is 3.39. The summed E-state index contributed by atoms with van der Waals surface area (Å²) in [6, 6.07) is 23.0. The lowest BCUT2D eigenvalue weighted by molar-refractivity contribution is 0.0403. The number of aliphatic hydroxyl groups excluding tert-OH is 5. The summed E-state index contributed by atoms with van der Waals surface area (Å²) in [5.74, 6) is 2.82. The van der Waals surface area contributed by atoms with Crippen molar-refractivity contribution in [1.29, 1.82) is 0 Å². The first kappa shape index (κ1) is 58.6. The fraction of sp³-hybridized carbons (Fsp3) is 0.580. The van der Waals surface area contributed by atoms with E-state index in [4.69, 9.17) is 62.3 Å². The van der Waals surface area contributed by atoms with Gasteiger partial charge in [0, 0.05) is 62.6 Å². The molecule has 21 heteroatoms. The van der Waals surface area contributed by atoms with Crippen molar-refractivity contribution >= 4 is 17.8 Å². The summed E-state index contributed by atoms with van der Waals surface area (Å²) in [5.41, 5.74) is 2.50. The van der Waals surface area contributed by atoms with E-state index in [2.05, 4.69) is 0 Å². The molecule has 0 bridgehead atoms. The van der Waals surface area contributed by atoms with Crippen molar-refractivity contribution in [2.24, 2.45) is 0 Å². The number of para-hydroxylation sites is 3. The Labute approximate surface area is 417 Å². The van der Waals surface area contributed by atoms with E-state index >= 15 is 0 Å². The third kappa shape index (κ3) is 23.4. The van der Waals surface area contributed by atoms with Gasteiger partial charge in [0.05, 0.1) is 119 Å². The number of benzene rings is 3. The molecular weight excluding hydrogens is 925 g/mol. The first-order valence-corrected chi connectivity index (χ1v) is 24.3. The quantitative estimate of drug-likeness (QED) is 0.0399. The van der Waals surface area contributed by atoms with Crippen molar-refractivity contribution in [3.05, 3.63) is 89.5 Å². The molecule has 0 unspecified atom stereocenters. The van der Waals surface area contributed by atoms with E-state index in [0.29, 0.717) is 87.8 Å². The Morgan fingerprint density at radius 3 is 0.915 bits per heavy atom. The Hall–Kier alpha value is -5.01. The maximum absolute atomic E-state index is 9.62. The molecule has 0 spiro atoms. The van der Waals surface area contributed by atoms with Gasteiger partial charge in [-0.3, -0.25) is 0 Å². The van der Waals surface area contributed by atoms with E-state index < -0.39 is 0 Å².